The molecule has 0 saturated carbocycles. The summed E-state index contributed by atoms with van der Waals surface area (Å²) < 4.78 is 24.8. The molecule has 0 heterocycles. The zero-order valence-corrected chi connectivity index (χ0v) is 11.5. The fraction of sp³-hybridized carbons (Fsp3) is 0.188. The molecule has 0 saturated heterocycles. The van der Waals surface area contributed by atoms with Crippen molar-refractivity contribution >= 4 is 5.97 Å². The maximum Gasteiger partial charge on any atom is 0.338 e. The van der Waals surface area contributed by atoms with Crippen LogP contribution in [0.2, 0.25) is 0 Å². The Balaban J connectivity index is 2.11. The second-order valence-electron chi connectivity index (χ2n) is 4.28. The van der Waals surface area contributed by atoms with Crippen LogP contribution in [0.25, 0.3) is 0 Å². The van der Waals surface area contributed by atoms with Gasteiger partial charge in [-0.1, -0.05) is 18.2 Å². The molecule has 4 nitrogen and oxygen atoms in total. The van der Waals surface area contributed by atoms with Crippen LogP contribution in [0, 0.1) is 5.82 Å². The van der Waals surface area contributed by atoms with E-state index in [1.165, 1.54) is 18.2 Å². The summed E-state index contributed by atoms with van der Waals surface area (Å²) in [6, 6.07) is 11.2. The summed E-state index contributed by atoms with van der Waals surface area (Å²) in [5.74, 6) is -0.880. The van der Waals surface area contributed by atoms with Crippen LogP contribution in [-0.4, -0.2) is 17.7 Å². The summed E-state index contributed by atoms with van der Waals surface area (Å²) in [5.41, 5.74) is -0.170. The van der Waals surface area contributed by atoms with E-state index in [1.54, 1.807) is 24.3 Å². The van der Waals surface area contributed by atoms with Crippen molar-refractivity contribution in [1.29, 1.82) is 0 Å². The van der Waals surface area contributed by atoms with E-state index in [-0.39, 0.29) is 17.7 Å². The normalized spacial score (nSPS) is 10.2. The predicted octanol–water partition coefficient (Wildman–Crippen LogP) is 3.50. The minimum atomic E-state index is -1.30. The van der Waals surface area contributed by atoms with Gasteiger partial charge in [-0.25, -0.2) is 9.18 Å². The summed E-state index contributed by atoms with van der Waals surface area (Å²) in [4.78, 5) is 10.9. The molecule has 0 fully saturated rings. The number of benzene rings is 2. The third-order valence-electron chi connectivity index (χ3n) is 2.82. The number of ether oxygens (including phenoxy) is 2. The topological polar surface area (TPSA) is 55.8 Å². The molecular weight excluding hydrogens is 275 g/mol. The number of carboxylic acid groups (broad SMARTS) is 1. The highest BCUT2D eigenvalue weighted by atomic mass is 19.1. The number of carboxylic acids is 1. The Kier molecular flexibility index (Phi) is 4.77. The number of rotatable bonds is 6. The van der Waals surface area contributed by atoms with E-state index in [9.17, 15) is 9.18 Å². The molecule has 0 unspecified atom stereocenters. The lowest BCUT2D eigenvalue weighted by molar-refractivity contribution is 0.0691. The van der Waals surface area contributed by atoms with E-state index >= 15 is 0 Å². The summed E-state index contributed by atoms with van der Waals surface area (Å²) >= 11 is 0. The smallest absolute Gasteiger partial charge is 0.338 e. The fourth-order valence-corrected chi connectivity index (χ4v) is 1.84. The van der Waals surface area contributed by atoms with Gasteiger partial charge < -0.3 is 14.6 Å². The molecule has 0 aliphatic rings. The molecular formula is C16H15FO4. The summed E-state index contributed by atoms with van der Waals surface area (Å²) in [6.07, 6.45) is 0. The van der Waals surface area contributed by atoms with Crippen LogP contribution < -0.4 is 9.47 Å². The van der Waals surface area contributed by atoms with Crippen LogP contribution in [0.3, 0.4) is 0 Å². The molecule has 0 aromatic heterocycles. The van der Waals surface area contributed by atoms with Gasteiger partial charge in [-0.15, -0.1) is 0 Å². The summed E-state index contributed by atoms with van der Waals surface area (Å²) in [5, 5.41) is 8.87. The monoisotopic (exact) mass is 290 g/mol. The lowest BCUT2D eigenvalue weighted by Gasteiger charge is -2.10. The van der Waals surface area contributed by atoms with Crippen LogP contribution in [0.15, 0.2) is 42.5 Å². The molecule has 0 aliphatic carbocycles. The van der Waals surface area contributed by atoms with E-state index in [0.717, 1.165) is 0 Å². The lowest BCUT2D eigenvalue weighted by Crippen LogP contribution is -2.06. The van der Waals surface area contributed by atoms with Crippen LogP contribution in [-0.2, 0) is 6.61 Å². The van der Waals surface area contributed by atoms with Gasteiger partial charge >= 0.3 is 5.97 Å². The van der Waals surface area contributed by atoms with Gasteiger partial charge in [-0.05, 0) is 25.1 Å². The first kappa shape index (κ1) is 14.8. The molecule has 2 aromatic rings. The highest BCUT2D eigenvalue weighted by Crippen LogP contribution is 2.21. The summed E-state index contributed by atoms with van der Waals surface area (Å²) in [6.45, 7) is 2.36. The van der Waals surface area contributed by atoms with Gasteiger partial charge in [0.2, 0.25) is 0 Å². The van der Waals surface area contributed by atoms with Gasteiger partial charge in [-0.3, -0.25) is 0 Å². The maximum atomic E-state index is 13.9. The SMILES string of the molecule is CCOc1cccc(OCc2cccc(C(=O)O)c2F)c1. The van der Waals surface area contributed by atoms with Crippen LogP contribution in [0.4, 0.5) is 4.39 Å². The van der Waals surface area contributed by atoms with Crippen molar-refractivity contribution < 1.29 is 23.8 Å². The van der Waals surface area contributed by atoms with Gasteiger partial charge in [0, 0.05) is 11.6 Å². The van der Waals surface area contributed by atoms with Crippen molar-refractivity contribution in [2.75, 3.05) is 6.61 Å². The molecule has 0 spiro atoms. The Labute approximate surface area is 121 Å². The number of hydrogen-bond acceptors (Lipinski definition) is 3. The molecule has 110 valence electrons. The van der Waals surface area contributed by atoms with Crippen molar-refractivity contribution in [3.05, 3.63) is 59.4 Å². The second-order valence-corrected chi connectivity index (χ2v) is 4.28. The average Bonchev–Trinajstić information content (AvgIpc) is 2.46. The minimum Gasteiger partial charge on any atom is -0.494 e. The van der Waals surface area contributed by atoms with E-state index in [2.05, 4.69) is 0 Å². The predicted molar refractivity (Wildman–Crippen MR) is 75.3 cm³/mol. The molecule has 5 heteroatoms. The van der Waals surface area contributed by atoms with Gasteiger partial charge in [0.25, 0.3) is 0 Å². The third kappa shape index (κ3) is 3.72. The lowest BCUT2D eigenvalue weighted by atomic mass is 10.1. The first-order chi connectivity index (χ1) is 10.1. The molecule has 0 aliphatic heterocycles. The van der Waals surface area contributed by atoms with E-state index in [1.807, 2.05) is 6.92 Å². The van der Waals surface area contributed by atoms with Crippen molar-refractivity contribution in [2.24, 2.45) is 0 Å². The molecule has 2 aromatic carbocycles. The Morgan fingerprint density at radius 2 is 1.81 bits per heavy atom. The van der Waals surface area contributed by atoms with Gasteiger partial charge in [-0.2, -0.15) is 0 Å². The first-order valence-electron chi connectivity index (χ1n) is 6.48. The Morgan fingerprint density at radius 1 is 1.14 bits per heavy atom. The molecule has 0 radical (unpaired) electrons. The molecule has 1 N–H and O–H groups in total. The van der Waals surface area contributed by atoms with E-state index < -0.39 is 11.8 Å². The van der Waals surface area contributed by atoms with Crippen molar-refractivity contribution in [3.8, 4) is 11.5 Å². The summed E-state index contributed by atoms with van der Waals surface area (Å²) in [7, 11) is 0. The van der Waals surface area contributed by atoms with E-state index in [0.29, 0.717) is 18.1 Å². The number of aromatic carboxylic acids is 1. The standard InChI is InChI=1S/C16H15FO4/c1-2-20-12-6-4-7-13(9-12)21-10-11-5-3-8-14(15(11)17)16(18)19/h3-9H,2,10H2,1H3,(H,18,19). The molecule has 0 amide bonds. The largest absolute Gasteiger partial charge is 0.494 e. The fourth-order valence-electron chi connectivity index (χ4n) is 1.84. The van der Waals surface area contributed by atoms with Gasteiger partial charge in [0.1, 0.15) is 23.9 Å². The average molecular weight is 290 g/mol. The highest BCUT2D eigenvalue weighted by molar-refractivity contribution is 5.88. The Morgan fingerprint density at radius 3 is 2.48 bits per heavy atom. The molecule has 2 rings (SSSR count). The maximum absolute atomic E-state index is 13.9. The molecule has 0 atom stereocenters. The van der Waals surface area contributed by atoms with Crippen LogP contribution >= 0.6 is 0 Å². The third-order valence-corrected chi connectivity index (χ3v) is 2.82. The zero-order valence-electron chi connectivity index (χ0n) is 11.5. The quantitative estimate of drug-likeness (QED) is 0.884. The van der Waals surface area contributed by atoms with Crippen molar-refractivity contribution in [2.45, 2.75) is 13.5 Å². The van der Waals surface area contributed by atoms with Gasteiger partial charge in [0.05, 0.1) is 12.2 Å². The van der Waals surface area contributed by atoms with Crippen LogP contribution in [0.5, 0.6) is 11.5 Å². The van der Waals surface area contributed by atoms with Crippen LogP contribution in [0.1, 0.15) is 22.8 Å². The van der Waals surface area contributed by atoms with E-state index in [4.69, 9.17) is 14.6 Å². The zero-order chi connectivity index (χ0) is 15.2. The molecule has 0 bridgehead atoms. The Bertz CT molecular complexity index is 640. The first-order valence-corrected chi connectivity index (χ1v) is 6.48. The number of carbonyl (C=O) groups is 1. The molecule has 21 heavy (non-hydrogen) atoms. The number of halogens is 1. The van der Waals surface area contributed by atoms with Crippen molar-refractivity contribution in [3.63, 3.8) is 0 Å². The highest BCUT2D eigenvalue weighted by Gasteiger charge is 2.14. The van der Waals surface area contributed by atoms with Gasteiger partial charge in [0.15, 0.2) is 0 Å². The Hall–Kier alpha value is -2.56. The second kappa shape index (κ2) is 6.74. The van der Waals surface area contributed by atoms with Crippen molar-refractivity contribution in [1.82, 2.24) is 0 Å². The minimum absolute atomic E-state index is 0.0530. The number of hydrogen-bond donors (Lipinski definition) is 1.